The molecule has 11 heteroatoms. The van der Waals surface area contributed by atoms with Crippen molar-refractivity contribution in [1.82, 2.24) is 14.3 Å². The van der Waals surface area contributed by atoms with Gasteiger partial charge in [-0.2, -0.15) is 0 Å². The summed E-state index contributed by atoms with van der Waals surface area (Å²) in [5.41, 5.74) is -1.07. The number of aliphatic hydroxyl groups excluding tert-OH is 1. The van der Waals surface area contributed by atoms with E-state index in [0.717, 1.165) is 9.86 Å². The van der Waals surface area contributed by atoms with Gasteiger partial charge in [0.15, 0.2) is 0 Å². The summed E-state index contributed by atoms with van der Waals surface area (Å²) in [6, 6.07) is -0.547. The second-order valence-corrected chi connectivity index (χ2v) is 11.9. The van der Waals surface area contributed by atoms with Crippen molar-refractivity contribution in [2.45, 2.75) is 58.2 Å². The van der Waals surface area contributed by atoms with Crippen LogP contribution in [-0.2, 0) is 19.1 Å². The highest BCUT2D eigenvalue weighted by molar-refractivity contribution is 7.98. The van der Waals surface area contributed by atoms with E-state index in [0.29, 0.717) is 16.9 Å². The van der Waals surface area contributed by atoms with E-state index in [4.69, 9.17) is 4.74 Å². The van der Waals surface area contributed by atoms with E-state index >= 15 is 0 Å². The number of aliphatic carboxylic acids is 1. The standard InChI is InChI=1S/C23H29N3O6S2/c1-11(27)13-16-23(5,7-8-32-21(31)22(2,3)4)14(15(20(29)30)26(16)18(13)28)12-9-25-10-24-17(33-6)19(25)34-12/h9-11,13,16,27H,7-8H2,1-6H3,(H,29,30)/t11-,13-,16-,23?/m1/s1. The molecule has 4 rings (SSSR count). The third-order valence-electron chi connectivity index (χ3n) is 6.65. The third-order valence-corrected chi connectivity index (χ3v) is 8.59. The Morgan fingerprint density at radius 1 is 1.38 bits per heavy atom. The number of carboxylic acids is 1. The van der Waals surface area contributed by atoms with Crippen molar-refractivity contribution < 1.29 is 29.3 Å². The van der Waals surface area contributed by atoms with Crippen LogP contribution in [0.25, 0.3) is 10.4 Å². The minimum atomic E-state index is -1.20. The molecule has 0 bridgehead atoms. The lowest BCUT2D eigenvalue weighted by molar-refractivity contribution is -0.168. The summed E-state index contributed by atoms with van der Waals surface area (Å²) in [7, 11) is 0. The van der Waals surface area contributed by atoms with Crippen LogP contribution in [0.1, 0.15) is 45.9 Å². The van der Waals surface area contributed by atoms with E-state index in [1.807, 2.05) is 23.8 Å². The zero-order chi connectivity index (χ0) is 25.2. The number of carbonyl (C=O) groups is 3. The molecule has 1 fully saturated rings. The fourth-order valence-electron chi connectivity index (χ4n) is 4.94. The first-order valence-electron chi connectivity index (χ1n) is 11.0. The predicted octanol–water partition coefficient (Wildman–Crippen LogP) is 3.12. The predicted molar refractivity (Wildman–Crippen MR) is 128 cm³/mol. The van der Waals surface area contributed by atoms with Gasteiger partial charge < -0.3 is 19.8 Å². The molecule has 0 radical (unpaired) electrons. The summed E-state index contributed by atoms with van der Waals surface area (Å²) in [5.74, 6) is -2.69. The number of β-lactam (4-membered cyclic amide) rings is 1. The molecule has 1 amide bonds. The molecule has 1 unspecified atom stereocenters. The fourth-order valence-corrected chi connectivity index (χ4v) is 6.90. The normalized spacial score (nSPS) is 25.5. The van der Waals surface area contributed by atoms with Crippen LogP contribution in [0.5, 0.6) is 0 Å². The Morgan fingerprint density at radius 3 is 2.62 bits per heavy atom. The lowest BCUT2D eigenvalue weighted by atomic mass is 9.65. The van der Waals surface area contributed by atoms with E-state index in [2.05, 4.69) is 4.98 Å². The molecule has 0 aliphatic carbocycles. The quantitative estimate of drug-likeness (QED) is 0.333. The minimum absolute atomic E-state index is 0.0654. The summed E-state index contributed by atoms with van der Waals surface area (Å²) in [4.78, 5) is 45.1. The lowest BCUT2D eigenvalue weighted by Crippen LogP contribution is -2.66. The number of imidazole rings is 1. The average molecular weight is 508 g/mol. The lowest BCUT2D eigenvalue weighted by Gasteiger charge is -2.50. The second-order valence-electron chi connectivity index (χ2n) is 10.1. The van der Waals surface area contributed by atoms with E-state index in [9.17, 15) is 24.6 Å². The second kappa shape index (κ2) is 8.39. The third kappa shape index (κ3) is 3.64. The number of hydrogen-bond acceptors (Lipinski definition) is 8. The Balaban J connectivity index is 1.81. The van der Waals surface area contributed by atoms with Crippen LogP contribution in [0.4, 0.5) is 0 Å². The average Bonchev–Trinajstić information content (AvgIpc) is 3.35. The molecule has 34 heavy (non-hydrogen) atoms. The zero-order valence-electron chi connectivity index (χ0n) is 20.0. The first-order chi connectivity index (χ1) is 15.8. The summed E-state index contributed by atoms with van der Waals surface area (Å²) < 4.78 is 7.38. The zero-order valence-corrected chi connectivity index (χ0v) is 21.6. The van der Waals surface area contributed by atoms with Gasteiger partial charge in [0.25, 0.3) is 0 Å². The Labute approximate surface area is 205 Å². The van der Waals surface area contributed by atoms with Crippen LogP contribution in [0.15, 0.2) is 23.2 Å². The monoisotopic (exact) mass is 507 g/mol. The number of carboxylic acid groups (broad SMARTS) is 1. The number of aliphatic hydroxyl groups is 1. The summed E-state index contributed by atoms with van der Waals surface area (Å²) in [6.07, 6.45) is 4.80. The van der Waals surface area contributed by atoms with Crippen molar-refractivity contribution in [3.63, 3.8) is 0 Å². The van der Waals surface area contributed by atoms with Crippen molar-refractivity contribution in [1.29, 1.82) is 0 Å². The molecular formula is C23H29N3O6S2. The van der Waals surface area contributed by atoms with E-state index in [1.165, 1.54) is 28.0 Å². The number of amides is 1. The molecular weight excluding hydrogens is 478 g/mol. The number of carbonyl (C=O) groups excluding carboxylic acids is 2. The molecule has 4 atom stereocenters. The number of thiazole rings is 1. The van der Waals surface area contributed by atoms with Crippen molar-refractivity contribution in [2.24, 2.45) is 16.7 Å². The summed E-state index contributed by atoms with van der Waals surface area (Å²) in [5, 5.41) is 21.4. The molecule has 1 saturated heterocycles. The molecule has 2 aromatic heterocycles. The summed E-state index contributed by atoms with van der Waals surface area (Å²) in [6.45, 7) is 8.80. The molecule has 0 saturated carbocycles. The number of esters is 1. The van der Waals surface area contributed by atoms with Crippen LogP contribution in [0.3, 0.4) is 0 Å². The topological polar surface area (TPSA) is 121 Å². The van der Waals surface area contributed by atoms with Gasteiger partial charge in [-0.15, -0.1) is 23.1 Å². The summed E-state index contributed by atoms with van der Waals surface area (Å²) >= 11 is 2.91. The Bertz CT molecular complexity index is 1210. The molecule has 184 valence electrons. The molecule has 2 aromatic rings. The van der Waals surface area contributed by atoms with Crippen molar-refractivity contribution in [3.8, 4) is 0 Å². The van der Waals surface area contributed by atoms with Crippen LogP contribution < -0.4 is 0 Å². The number of fused-ring (bicyclic) bond motifs is 2. The van der Waals surface area contributed by atoms with Gasteiger partial charge in [0.05, 0.1) is 35.0 Å². The molecule has 2 aliphatic heterocycles. The maximum absolute atomic E-state index is 13.0. The largest absolute Gasteiger partial charge is 0.477 e. The smallest absolute Gasteiger partial charge is 0.352 e. The van der Waals surface area contributed by atoms with Gasteiger partial charge in [-0.05, 0) is 40.4 Å². The Hall–Kier alpha value is -2.37. The van der Waals surface area contributed by atoms with Gasteiger partial charge in [0.2, 0.25) is 5.91 Å². The SMILES string of the molecule is CSc1ncn2cc(C3=C(C(=O)O)N4C(=O)[C@H]([C@@H](C)O)[C@@H]4C3(C)CCOC(=O)C(C)(C)C)sc12. The van der Waals surface area contributed by atoms with Gasteiger partial charge in [0, 0.05) is 17.2 Å². The van der Waals surface area contributed by atoms with Crippen molar-refractivity contribution >= 4 is 51.3 Å². The van der Waals surface area contributed by atoms with Gasteiger partial charge >= 0.3 is 11.9 Å². The van der Waals surface area contributed by atoms with Crippen molar-refractivity contribution in [3.05, 3.63) is 23.1 Å². The highest BCUT2D eigenvalue weighted by Crippen LogP contribution is 2.60. The minimum Gasteiger partial charge on any atom is -0.477 e. The number of ether oxygens (including phenoxy) is 1. The fraction of sp³-hybridized carbons (Fsp3) is 0.565. The first kappa shape index (κ1) is 24.7. The van der Waals surface area contributed by atoms with Gasteiger partial charge in [-0.3, -0.25) is 14.0 Å². The van der Waals surface area contributed by atoms with E-state index in [-0.39, 0.29) is 18.3 Å². The highest BCUT2D eigenvalue weighted by atomic mass is 32.2. The van der Waals surface area contributed by atoms with E-state index < -0.39 is 40.8 Å². The van der Waals surface area contributed by atoms with Crippen LogP contribution in [-0.4, -0.2) is 67.4 Å². The number of nitrogens with zero attached hydrogens (tertiary/aromatic N) is 3. The highest BCUT2D eigenvalue weighted by Gasteiger charge is 2.66. The van der Waals surface area contributed by atoms with E-state index in [1.54, 1.807) is 34.0 Å². The molecule has 9 nitrogen and oxygen atoms in total. The molecule has 0 aromatic carbocycles. The number of thioether (sulfide) groups is 1. The maximum Gasteiger partial charge on any atom is 0.352 e. The van der Waals surface area contributed by atoms with Gasteiger partial charge in [-0.25, -0.2) is 9.78 Å². The Kier molecular flexibility index (Phi) is 6.10. The first-order valence-corrected chi connectivity index (χ1v) is 13.0. The molecule has 0 spiro atoms. The van der Waals surface area contributed by atoms with Crippen LogP contribution >= 0.6 is 23.1 Å². The number of rotatable bonds is 7. The Morgan fingerprint density at radius 2 is 2.06 bits per heavy atom. The maximum atomic E-state index is 13.0. The number of hydrogen-bond donors (Lipinski definition) is 2. The van der Waals surface area contributed by atoms with Gasteiger partial charge in [-0.1, -0.05) is 6.92 Å². The molecule has 4 heterocycles. The molecule has 2 aliphatic rings. The number of aromatic nitrogens is 2. The van der Waals surface area contributed by atoms with Gasteiger partial charge in [0.1, 0.15) is 21.9 Å². The van der Waals surface area contributed by atoms with Crippen LogP contribution in [0.2, 0.25) is 0 Å². The van der Waals surface area contributed by atoms with Crippen LogP contribution in [0, 0.1) is 16.7 Å². The molecule has 2 N–H and O–H groups in total. The van der Waals surface area contributed by atoms with Crippen molar-refractivity contribution in [2.75, 3.05) is 12.9 Å².